The van der Waals surface area contributed by atoms with E-state index in [4.69, 9.17) is 15.3 Å². The second-order valence-electron chi connectivity index (χ2n) is 14.3. The molecule has 0 spiro atoms. The van der Waals surface area contributed by atoms with Crippen LogP contribution in [0.25, 0.3) is 22.0 Å². The Hall–Kier alpha value is -5.87. The molecule has 0 fully saturated rings. The van der Waals surface area contributed by atoms with Gasteiger partial charge in [0.15, 0.2) is 12.1 Å². The Labute approximate surface area is 336 Å². The van der Waals surface area contributed by atoms with Gasteiger partial charge in [-0.05, 0) is 73.2 Å². The third-order valence-corrected chi connectivity index (χ3v) is 9.50. The van der Waals surface area contributed by atoms with Gasteiger partial charge < -0.3 is 41.9 Å². The third kappa shape index (κ3) is 15.2. The average molecular weight is 804 g/mol. The van der Waals surface area contributed by atoms with Crippen molar-refractivity contribution in [1.82, 2.24) is 20.8 Å². The number of carboxylic acid groups (broad SMARTS) is 1. The Morgan fingerprint density at radius 1 is 0.741 bits per heavy atom. The van der Waals surface area contributed by atoms with Crippen LogP contribution in [-0.2, 0) is 19.2 Å². The summed E-state index contributed by atoms with van der Waals surface area (Å²) in [6, 6.07) is 15.6. The Kier molecular flexibility index (Phi) is 18.1. The molecule has 4 rings (SSSR count). The van der Waals surface area contributed by atoms with Crippen LogP contribution in [0.5, 0.6) is 0 Å². The topological polar surface area (TPSA) is 235 Å². The van der Waals surface area contributed by atoms with Crippen LogP contribution < -0.4 is 26.6 Å². The highest BCUT2D eigenvalue weighted by atomic mass is 19.1. The second kappa shape index (κ2) is 23.4. The van der Waals surface area contributed by atoms with Gasteiger partial charge in [-0.15, -0.1) is 0 Å². The summed E-state index contributed by atoms with van der Waals surface area (Å²) in [5.74, 6) is -2.34. The fourth-order valence-electron chi connectivity index (χ4n) is 6.38. The molecule has 1 atom stereocenters. The molecule has 16 heteroatoms. The van der Waals surface area contributed by atoms with Crippen molar-refractivity contribution in [3.8, 4) is 11.1 Å². The summed E-state index contributed by atoms with van der Waals surface area (Å²) in [7, 11) is 0. The van der Waals surface area contributed by atoms with E-state index < -0.39 is 36.1 Å². The molecule has 9 N–H and O–H groups in total. The molecule has 5 amide bonds. The summed E-state index contributed by atoms with van der Waals surface area (Å²) in [4.78, 5) is 60.6. The molecule has 4 aromatic rings. The predicted molar refractivity (Wildman–Crippen MR) is 219 cm³/mol. The number of carbonyl (C=O) groups excluding carboxylic acids is 4. The molecule has 58 heavy (non-hydrogen) atoms. The lowest BCUT2D eigenvalue weighted by molar-refractivity contribution is -0.142. The number of unbranched alkanes of at least 4 members (excludes halogenated alkanes) is 8. The fourth-order valence-corrected chi connectivity index (χ4v) is 6.38. The predicted octanol–water partition coefficient (Wildman–Crippen LogP) is 6.72. The first-order valence-corrected chi connectivity index (χ1v) is 19.8. The molecule has 0 bridgehead atoms. The number of nitrogens with one attached hydrogen (secondary N) is 6. The Bertz CT molecular complexity index is 1990. The number of amides is 5. The van der Waals surface area contributed by atoms with E-state index in [-0.39, 0.29) is 43.2 Å². The maximum atomic E-state index is 14.1. The van der Waals surface area contributed by atoms with Crippen molar-refractivity contribution in [2.45, 2.75) is 109 Å². The Morgan fingerprint density at radius 3 is 2.10 bits per heavy atom. The number of aliphatic hydroxyl groups is 2. The molecule has 0 aliphatic carbocycles. The molecule has 0 saturated carbocycles. The van der Waals surface area contributed by atoms with E-state index in [0.717, 1.165) is 85.4 Å². The van der Waals surface area contributed by atoms with Crippen LogP contribution >= 0.6 is 0 Å². The number of nitrogens with zero attached hydrogens (tertiary/aromatic N) is 1. The first-order valence-electron chi connectivity index (χ1n) is 19.8. The molecule has 3 aromatic carbocycles. The van der Waals surface area contributed by atoms with Gasteiger partial charge in [0.2, 0.25) is 17.7 Å². The number of urea groups is 1. The van der Waals surface area contributed by atoms with Crippen molar-refractivity contribution in [1.29, 1.82) is 0 Å². The van der Waals surface area contributed by atoms with Gasteiger partial charge in [-0.25, -0.2) is 14.0 Å². The van der Waals surface area contributed by atoms with Gasteiger partial charge in [0.1, 0.15) is 11.9 Å². The molecule has 0 aliphatic heterocycles. The lowest BCUT2D eigenvalue weighted by Gasteiger charge is -2.15. The van der Waals surface area contributed by atoms with Crippen LogP contribution in [0.3, 0.4) is 0 Å². The number of benzene rings is 3. The number of aromatic nitrogens is 2. The van der Waals surface area contributed by atoms with Crippen molar-refractivity contribution < 1.29 is 43.7 Å². The zero-order valence-corrected chi connectivity index (χ0v) is 32.7. The van der Waals surface area contributed by atoms with Gasteiger partial charge in [0, 0.05) is 37.9 Å². The second-order valence-corrected chi connectivity index (χ2v) is 14.3. The number of aromatic amines is 1. The summed E-state index contributed by atoms with van der Waals surface area (Å²) in [6.07, 6.45) is 6.92. The fraction of sp³-hybridized carbons (Fsp3) is 0.429. The number of carboxylic acids is 1. The number of fused-ring (bicyclic) bond motifs is 1. The van der Waals surface area contributed by atoms with E-state index in [1.54, 1.807) is 24.3 Å². The number of aryl methyl sites for hydroxylation is 1. The summed E-state index contributed by atoms with van der Waals surface area (Å²) in [5, 5.41) is 48.4. The lowest BCUT2D eigenvalue weighted by atomic mass is 10.0. The SMILES string of the molecule is Cc1ccc(F)c(NC(=O)Nc2ccc(-c3cccc4[nH]nc(NC(=O)CCCCCCCCCCCNC(=O)CCC(=O)N[C@@H](CCC(O)O)C(=O)O)c34)cc2)c1. The zero-order valence-electron chi connectivity index (χ0n) is 32.7. The highest BCUT2D eigenvalue weighted by Crippen LogP contribution is 2.33. The van der Waals surface area contributed by atoms with Crippen molar-refractivity contribution in [2.75, 3.05) is 22.5 Å². The number of rotatable bonds is 24. The first-order chi connectivity index (χ1) is 27.9. The highest BCUT2D eigenvalue weighted by Gasteiger charge is 2.21. The largest absolute Gasteiger partial charge is 0.480 e. The maximum Gasteiger partial charge on any atom is 0.326 e. The summed E-state index contributed by atoms with van der Waals surface area (Å²) in [5.41, 5.74) is 3.92. The van der Waals surface area contributed by atoms with Crippen LogP contribution in [0.4, 0.5) is 26.4 Å². The number of carbonyl (C=O) groups is 5. The van der Waals surface area contributed by atoms with Crippen molar-refractivity contribution in [3.05, 3.63) is 72.0 Å². The number of anilines is 3. The Balaban J connectivity index is 1.07. The monoisotopic (exact) mass is 803 g/mol. The average Bonchev–Trinajstić information content (AvgIpc) is 3.60. The van der Waals surface area contributed by atoms with Crippen LogP contribution in [-0.4, -0.2) is 74.1 Å². The van der Waals surface area contributed by atoms with Gasteiger partial charge in [-0.3, -0.25) is 19.5 Å². The summed E-state index contributed by atoms with van der Waals surface area (Å²) >= 11 is 0. The molecular weight excluding hydrogens is 750 g/mol. The number of hydrogen-bond acceptors (Lipinski definition) is 8. The van der Waals surface area contributed by atoms with Gasteiger partial charge >= 0.3 is 12.0 Å². The van der Waals surface area contributed by atoms with E-state index in [9.17, 15) is 28.4 Å². The van der Waals surface area contributed by atoms with Crippen LogP contribution in [0.1, 0.15) is 95.5 Å². The van der Waals surface area contributed by atoms with E-state index >= 15 is 0 Å². The van der Waals surface area contributed by atoms with Gasteiger partial charge in [-0.1, -0.05) is 75.3 Å². The normalized spacial score (nSPS) is 11.6. The minimum atomic E-state index is -1.66. The molecule has 1 aromatic heterocycles. The van der Waals surface area contributed by atoms with E-state index in [1.165, 1.54) is 6.07 Å². The molecule has 1 heterocycles. The quantitative estimate of drug-likeness (QED) is 0.0270. The molecule has 0 saturated heterocycles. The number of aliphatic hydroxyl groups excluding tert-OH is 1. The smallest absolute Gasteiger partial charge is 0.326 e. The van der Waals surface area contributed by atoms with Crippen molar-refractivity contribution in [2.24, 2.45) is 0 Å². The minimum Gasteiger partial charge on any atom is -0.480 e. The standard InChI is InChI=1S/C42H54FN7O8/c1-27-15-20-31(43)34(26-27)47-42(58)45-29-18-16-28(17-19-29)30-12-11-13-32-39(30)40(50-49-32)48-36(52)14-9-7-5-3-2-4-6-8-10-25-44-35(51)22-23-37(53)46-33(41(56)57)21-24-38(54)55/h11-13,15-20,26,33,38,54-55H,2-10,14,21-25H2,1H3,(H,44,51)(H,46,53)(H,56,57)(H2,45,47,58)(H2,48,49,50,52)/t33-/m0/s1. The van der Waals surface area contributed by atoms with Crippen LogP contribution in [0, 0.1) is 12.7 Å². The third-order valence-electron chi connectivity index (χ3n) is 9.50. The molecule has 15 nitrogen and oxygen atoms in total. The zero-order chi connectivity index (χ0) is 41.9. The number of halogens is 1. The van der Waals surface area contributed by atoms with Gasteiger partial charge in [0.25, 0.3) is 0 Å². The van der Waals surface area contributed by atoms with Gasteiger partial charge in [-0.2, -0.15) is 5.10 Å². The number of aliphatic carboxylic acids is 1. The van der Waals surface area contributed by atoms with Crippen molar-refractivity contribution >= 4 is 57.8 Å². The molecule has 0 aliphatic rings. The molecular formula is C42H54FN7O8. The maximum absolute atomic E-state index is 14.1. The van der Waals surface area contributed by atoms with E-state index in [1.807, 2.05) is 37.3 Å². The summed E-state index contributed by atoms with van der Waals surface area (Å²) < 4.78 is 14.1. The minimum absolute atomic E-state index is 0.0658. The molecule has 312 valence electrons. The van der Waals surface area contributed by atoms with Gasteiger partial charge in [0.05, 0.1) is 16.6 Å². The summed E-state index contributed by atoms with van der Waals surface area (Å²) in [6.45, 7) is 2.31. The number of hydrogen-bond donors (Lipinski definition) is 9. The lowest BCUT2D eigenvalue weighted by Crippen LogP contribution is -2.41. The highest BCUT2D eigenvalue weighted by molar-refractivity contribution is 6.07. The molecule has 0 unspecified atom stereocenters. The van der Waals surface area contributed by atoms with Crippen LogP contribution in [0.15, 0.2) is 60.7 Å². The van der Waals surface area contributed by atoms with E-state index in [2.05, 4.69) is 36.8 Å². The number of H-pyrrole nitrogens is 1. The van der Waals surface area contributed by atoms with Crippen LogP contribution in [0.2, 0.25) is 0 Å². The Morgan fingerprint density at radius 2 is 1.41 bits per heavy atom. The van der Waals surface area contributed by atoms with E-state index in [0.29, 0.717) is 24.5 Å². The first kappa shape index (κ1) is 44.8. The molecule has 0 radical (unpaired) electrons. The van der Waals surface area contributed by atoms with Crippen molar-refractivity contribution in [3.63, 3.8) is 0 Å².